The van der Waals surface area contributed by atoms with Crippen LogP contribution < -0.4 is 5.56 Å². The van der Waals surface area contributed by atoms with E-state index in [1.165, 1.54) is 23.1 Å². The zero-order valence-corrected chi connectivity index (χ0v) is 14.4. The van der Waals surface area contributed by atoms with Crippen LogP contribution in [0.2, 0.25) is 0 Å². The molecule has 0 saturated heterocycles. The summed E-state index contributed by atoms with van der Waals surface area (Å²) in [7, 11) is 0. The van der Waals surface area contributed by atoms with Gasteiger partial charge in [0.15, 0.2) is 5.16 Å². The zero-order valence-electron chi connectivity index (χ0n) is 12.8. The van der Waals surface area contributed by atoms with Gasteiger partial charge in [-0.05, 0) is 30.5 Å². The minimum atomic E-state index is -0.0914. The Hall–Kier alpha value is -2.45. The summed E-state index contributed by atoms with van der Waals surface area (Å²) in [5.41, 5.74) is 1.66. The zero-order chi connectivity index (χ0) is 16.5. The number of para-hydroxylation sites is 1. The molecule has 0 spiro atoms. The Morgan fingerprint density at radius 3 is 2.88 bits per heavy atom. The third kappa shape index (κ3) is 2.74. The summed E-state index contributed by atoms with van der Waals surface area (Å²) < 4.78 is 2.65. The molecular weight excluding hydrogens is 342 g/mol. The fourth-order valence-electron chi connectivity index (χ4n) is 2.43. The smallest absolute Gasteiger partial charge is 0.268 e. The highest BCUT2D eigenvalue weighted by Gasteiger charge is 2.12. The van der Waals surface area contributed by atoms with Gasteiger partial charge in [-0.1, -0.05) is 30.0 Å². The summed E-state index contributed by atoms with van der Waals surface area (Å²) in [6.07, 6.45) is 0. The predicted molar refractivity (Wildman–Crippen MR) is 95.9 cm³/mol. The molecule has 0 atom stereocenters. The number of H-pyrrole nitrogens is 1. The number of hydrogen-bond acceptors (Lipinski definition) is 6. The van der Waals surface area contributed by atoms with Gasteiger partial charge in [0.25, 0.3) is 5.56 Å². The van der Waals surface area contributed by atoms with Crippen molar-refractivity contribution in [2.45, 2.75) is 17.8 Å². The first-order valence-electron chi connectivity index (χ1n) is 7.29. The van der Waals surface area contributed by atoms with E-state index in [-0.39, 0.29) is 5.56 Å². The Bertz CT molecular complexity index is 1050. The third-order valence-corrected chi connectivity index (χ3v) is 5.35. The maximum atomic E-state index is 12.0. The van der Waals surface area contributed by atoms with E-state index in [4.69, 9.17) is 0 Å². The number of aromatic amines is 1. The summed E-state index contributed by atoms with van der Waals surface area (Å²) in [6, 6.07) is 11.8. The number of thiophene rings is 1. The summed E-state index contributed by atoms with van der Waals surface area (Å²) in [5.74, 6) is 1.97. The Labute approximate surface area is 145 Å². The van der Waals surface area contributed by atoms with Crippen LogP contribution in [0.4, 0.5) is 0 Å². The van der Waals surface area contributed by atoms with Crippen LogP contribution in [-0.2, 0) is 5.75 Å². The SMILES string of the molecule is Cc1nnc(SCc2nc3ccsc3c(=O)[nH]2)n1-c1ccccc1. The quantitative estimate of drug-likeness (QED) is 0.569. The fraction of sp³-hybridized carbons (Fsp3) is 0.125. The number of hydrogen-bond donors (Lipinski definition) is 1. The monoisotopic (exact) mass is 355 g/mol. The lowest BCUT2D eigenvalue weighted by Gasteiger charge is -2.07. The topological polar surface area (TPSA) is 76.5 Å². The molecule has 4 aromatic rings. The molecular formula is C16H13N5OS2. The highest BCUT2D eigenvalue weighted by molar-refractivity contribution is 7.98. The molecule has 0 aliphatic carbocycles. The first kappa shape index (κ1) is 15.1. The Morgan fingerprint density at radius 1 is 1.21 bits per heavy atom. The molecule has 8 heteroatoms. The molecule has 0 fully saturated rings. The summed E-state index contributed by atoms with van der Waals surface area (Å²) in [6.45, 7) is 1.92. The molecule has 120 valence electrons. The highest BCUT2D eigenvalue weighted by Crippen LogP contribution is 2.24. The van der Waals surface area contributed by atoms with Gasteiger partial charge in [0.1, 0.15) is 16.3 Å². The van der Waals surface area contributed by atoms with Crippen LogP contribution in [0.5, 0.6) is 0 Å². The van der Waals surface area contributed by atoms with Crippen LogP contribution >= 0.6 is 23.1 Å². The summed E-state index contributed by atoms with van der Waals surface area (Å²) in [4.78, 5) is 19.4. The number of thioether (sulfide) groups is 1. The van der Waals surface area contributed by atoms with Gasteiger partial charge in [0.2, 0.25) is 0 Å². The number of nitrogens with one attached hydrogen (secondary N) is 1. The molecule has 0 unspecified atom stereocenters. The average Bonchev–Trinajstić information content (AvgIpc) is 3.20. The third-order valence-electron chi connectivity index (χ3n) is 3.51. The van der Waals surface area contributed by atoms with Gasteiger partial charge in [-0.3, -0.25) is 9.36 Å². The van der Waals surface area contributed by atoms with Crippen molar-refractivity contribution in [1.82, 2.24) is 24.7 Å². The molecule has 6 nitrogen and oxygen atoms in total. The van der Waals surface area contributed by atoms with Crippen molar-refractivity contribution < 1.29 is 0 Å². The summed E-state index contributed by atoms with van der Waals surface area (Å²) >= 11 is 2.90. The number of aromatic nitrogens is 5. The van der Waals surface area contributed by atoms with Crippen molar-refractivity contribution in [3.05, 3.63) is 63.8 Å². The molecule has 0 aliphatic rings. The second kappa shape index (κ2) is 6.21. The van der Waals surface area contributed by atoms with E-state index in [9.17, 15) is 4.79 Å². The van der Waals surface area contributed by atoms with Gasteiger partial charge in [0, 0.05) is 5.69 Å². The van der Waals surface area contributed by atoms with Gasteiger partial charge in [-0.2, -0.15) is 0 Å². The molecule has 3 heterocycles. The number of benzene rings is 1. The van der Waals surface area contributed by atoms with Crippen LogP contribution in [-0.4, -0.2) is 24.7 Å². The molecule has 24 heavy (non-hydrogen) atoms. The molecule has 0 bridgehead atoms. The fourth-order valence-corrected chi connectivity index (χ4v) is 4.03. The largest absolute Gasteiger partial charge is 0.309 e. The van der Waals surface area contributed by atoms with Crippen LogP contribution in [0.25, 0.3) is 15.9 Å². The van der Waals surface area contributed by atoms with Gasteiger partial charge in [0.05, 0.1) is 11.3 Å². The number of aryl methyl sites for hydroxylation is 1. The Balaban J connectivity index is 1.63. The Morgan fingerprint density at radius 2 is 2.04 bits per heavy atom. The normalized spacial score (nSPS) is 11.2. The van der Waals surface area contributed by atoms with E-state index in [1.807, 2.05) is 53.3 Å². The van der Waals surface area contributed by atoms with Crippen molar-refractivity contribution in [2.24, 2.45) is 0 Å². The molecule has 0 saturated carbocycles. The van der Waals surface area contributed by atoms with Crippen LogP contribution in [0.1, 0.15) is 11.6 Å². The standard InChI is InChI=1S/C16H13N5OS2/c1-10-19-20-16(21(10)11-5-3-2-4-6-11)24-9-13-17-12-7-8-23-14(12)15(22)18-13/h2-8H,9H2,1H3,(H,17,18,22). The van der Waals surface area contributed by atoms with Crippen LogP contribution in [0, 0.1) is 6.92 Å². The second-order valence-electron chi connectivity index (χ2n) is 5.14. The molecule has 3 aromatic heterocycles. The van der Waals surface area contributed by atoms with Crippen molar-refractivity contribution in [3.63, 3.8) is 0 Å². The molecule has 4 rings (SSSR count). The summed E-state index contributed by atoms with van der Waals surface area (Å²) in [5, 5.41) is 11.1. The average molecular weight is 355 g/mol. The van der Waals surface area contributed by atoms with Crippen LogP contribution in [0.15, 0.2) is 51.7 Å². The van der Waals surface area contributed by atoms with Gasteiger partial charge < -0.3 is 4.98 Å². The van der Waals surface area contributed by atoms with E-state index in [0.29, 0.717) is 16.3 Å². The molecule has 0 radical (unpaired) electrons. The lowest BCUT2D eigenvalue weighted by atomic mass is 10.3. The first-order chi connectivity index (χ1) is 11.7. The van der Waals surface area contributed by atoms with Crippen molar-refractivity contribution in [3.8, 4) is 5.69 Å². The lowest BCUT2D eigenvalue weighted by molar-refractivity contribution is 0.866. The minimum absolute atomic E-state index is 0.0914. The lowest BCUT2D eigenvalue weighted by Crippen LogP contribution is -2.09. The number of rotatable bonds is 4. The van der Waals surface area contributed by atoms with Crippen molar-refractivity contribution in [2.75, 3.05) is 0 Å². The molecule has 0 aliphatic heterocycles. The minimum Gasteiger partial charge on any atom is -0.309 e. The van der Waals surface area contributed by atoms with Gasteiger partial charge in [-0.15, -0.1) is 21.5 Å². The maximum absolute atomic E-state index is 12.0. The van der Waals surface area contributed by atoms with Crippen molar-refractivity contribution >= 4 is 33.3 Å². The Kier molecular flexibility index (Phi) is 3.91. The van der Waals surface area contributed by atoms with Gasteiger partial charge in [-0.25, -0.2) is 4.98 Å². The maximum Gasteiger partial charge on any atom is 0.268 e. The second-order valence-corrected chi connectivity index (χ2v) is 7.00. The number of fused-ring (bicyclic) bond motifs is 1. The first-order valence-corrected chi connectivity index (χ1v) is 9.15. The van der Waals surface area contributed by atoms with Crippen LogP contribution in [0.3, 0.4) is 0 Å². The van der Waals surface area contributed by atoms with E-state index < -0.39 is 0 Å². The van der Waals surface area contributed by atoms with E-state index in [1.54, 1.807) is 0 Å². The van der Waals surface area contributed by atoms with E-state index in [2.05, 4.69) is 20.2 Å². The molecule has 0 amide bonds. The highest BCUT2D eigenvalue weighted by atomic mass is 32.2. The van der Waals surface area contributed by atoms with E-state index >= 15 is 0 Å². The molecule has 1 aromatic carbocycles. The van der Waals surface area contributed by atoms with Crippen molar-refractivity contribution in [1.29, 1.82) is 0 Å². The van der Waals surface area contributed by atoms with Gasteiger partial charge >= 0.3 is 0 Å². The number of nitrogens with zero attached hydrogens (tertiary/aromatic N) is 4. The predicted octanol–water partition coefficient (Wildman–Crippen LogP) is 3.17. The van der Waals surface area contributed by atoms with E-state index in [0.717, 1.165) is 22.2 Å². The molecule has 1 N–H and O–H groups in total.